The highest BCUT2D eigenvalue weighted by Crippen LogP contribution is 2.38. The lowest BCUT2D eigenvalue weighted by molar-refractivity contribution is -0.131. The van der Waals surface area contributed by atoms with E-state index in [0.717, 1.165) is 11.8 Å². The Balaban J connectivity index is 0.00000450. The van der Waals surface area contributed by atoms with Gasteiger partial charge < -0.3 is 34.6 Å². The normalized spacial score (nSPS) is 17.3. The lowest BCUT2D eigenvalue weighted by atomic mass is 9.93. The van der Waals surface area contributed by atoms with Gasteiger partial charge in [0.25, 0.3) is 5.91 Å². The zero-order valence-electron chi connectivity index (χ0n) is 29.4. The molecule has 53 heavy (non-hydrogen) atoms. The predicted molar refractivity (Wildman–Crippen MR) is 197 cm³/mol. The van der Waals surface area contributed by atoms with Crippen molar-refractivity contribution in [3.8, 4) is 22.8 Å². The van der Waals surface area contributed by atoms with Gasteiger partial charge in [0.1, 0.15) is 11.5 Å². The van der Waals surface area contributed by atoms with Crippen LogP contribution in [0.25, 0.3) is 27.6 Å². The van der Waals surface area contributed by atoms with E-state index in [4.69, 9.17) is 9.47 Å². The average molecular weight is 728 g/mol. The number of piperazine rings is 1. The monoisotopic (exact) mass is 727 g/mol. The third kappa shape index (κ3) is 7.33. The lowest BCUT2D eigenvalue weighted by Gasteiger charge is -2.35. The van der Waals surface area contributed by atoms with Gasteiger partial charge in [0.05, 0.1) is 25.4 Å². The molecule has 4 aromatic rings. The van der Waals surface area contributed by atoms with Crippen molar-refractivity contribution < 1.29 is 29.3 Å². The number of fused-ring (bicyclic) bond motifs is 1. The van der Waals surface area contributed by atoms with Crippen LogP contribution < -0.4 is 25.3 Å². The molecule has 0 atom stereocenters. The summed E-state index contributed by atoms with van der Waals surface area (Å²) < 4.78 is 41.7. The number of benzene rings is 1. The molecule has 3 aromatic heterocycles. The number of carbonyl (C=O) groups excluding carboxylic acids is 2. The second-order valence-corrected chi connectivity index (χ2v) is 13.7. The van der Waals surface area contributed by atoms with E-state index in [1.807, 2.05) is 29.3 Å². The number of hydrogen-bond donors (Lipinski definition) is 3. The maximum atomic E-state index is 16.7. The molecule has 1 saturated heterocycles. The number of rotatable bonds is 11. The summed E-state index contributed by atoms with van der Waals surface area (Å²) in [6.45, 7) is 3.59. The fourth-order valence-corrected chi connectivity index (χ4v) is 6.99. The van der Waals surface area contributed by atoms with Crippen LogP contribution in [0.15, 0.2) is 61.2 Å². The summed E-state index contributed by atoms with van der Waals surface area (Å²) in [5.41, 5.74) is 8.77. The lowest BCUT2D eigenvalue weighted by Crippen LogP contribution is -2.49. The maximum absolute atomic E-state index is 16.7. The van der Waals surface area contributed by atoms with Crippen molar-refractivity contribution in [1.82, 2.24) is 40.7 Å². The standard InChI is InChI=1S/C38H41F2N9O4.H2/c1-52-32-17-27(39)21-42-37(32)46-13-15-47(16-14-46)38(51)31-19-30-28(25-6-7-33(41-20-25)53-23-24-4-5-24)18-29(35(40)36(30)44-31)26-3-2-10-48(22-26)34(50)8-11-49-12-9-43-45-49;/h3,6-7,9,12,17-21,24,43-45H,2,4-5,8,10-11,13-16,22-23H2,1H3;1H. The van der Waals surface area contributed by atoms with Gasteiger partial charge >= 0.3 is 0 Å². The molecule has 0 spiro atoms. The fraction of sp³-hybridized carbons (Fsp3) is 0.368. The van der Waals surface area contributed by atoms with Gasteiger partial charge in [-0.3, -0.25) is 14.6 Å². The number of methoxy groups -OCH3 is 1. The number of hydrogen-bond acceptors (Lipinski definition) is 10. The Morgan fingerprint density at radius 1 is 1.00 bits per heavy atom. The number of H-pyrrole nitrogens is 1. The van der Waals surface area contributed by atoms with Crippen molar-refractivity contribution in [3.63, 3.8) is 0 Å². The van der Waals surface area contributed by atoms with Crippen molar-refractivity contribution >= 4 is 34.1 Å². The molecular formula is C38H43F2N9O4. The summed E-state index contributed by atoms with van der Waals surface area (Å²) in [7, 11) is 1.46. The van der Waals surface area contributed by atoms with Gasteiger partial charge in [-0.15, -0.1) is 5.53 Å². The zero-order chi connectivity index (χ0) is 36.5. The summed E-state index contributed by atoms with van der Waals surface area (Å²) >= 11 is 0. The maximum Gasteiger partial charge on any atom is 0.270 e. The van der Waals surface area contributed by atoms with Gasteiger partial charge in [-0.2, -0.15) is 0 Å². The van der Waals surface area contributed by atoms with Gasteiger partial charge in [0.15, 0.2) is 17.4 Å². The van der Waals surface area contributed by atoms with Crippen LogP contribution in [0.4, 0.5) is 14.6 Å². The minimum Gasteiger partial charge on any atom is -0.493 e. The Bertz CT molecular complexity index is 2080. The van der Waals surface area contributed by atoms with Gasteiger partial charge in [-0.05, 0) is 54.5 Å². The third-order valence-corrected chi connectivity index (χ3v) is 10.1. The van der Waals surface area contributed by atoms with E-state index in [-0.39, 0.29) is 31.0 Å². The number of ether oxygens (including phenoxy) is 2. The van der Waals surface area contributed by atoms with Crippen LogP contribution in [0.3, 0.4) is 0 Å². The van der Waals surface area contributed by atoms with Gasteiger partial charge in [-0.25, -0.2) is 18.7 Å². The molecule has 1 aromatic carbocycles. The summed E-state index contributed by atoms with van der Waals surface area (Å²) in [5, 5.41) is 2.34. The number of nitrogens with zero attached hydrogens (tertiary/aromatic N) is 6. The number of hydrazine groups is 2. The number of aromatic amines is 1. The zero-order valence-corrected chi connectivity index (χ0v) is 29.4. The van der Waals surface area contributed by atoms with E-state index < -0.39 is 11.6 Å². The van der Waals surface area contributed by atoms with E-state index in [9.17, 15) is 14.0 Å². The SMILES string of the molecule is COc1cc(F)cnc1N1CCN(C(=O)c2cc3c(-c4ccc(OCC5CC5)nc4)cc(C4=CCCN(C(=O)CCN5C=CNN5)C4)c(F)c3[nH]2)CC1.[HH]. The quantitative estimate of drug-likeness (QED) is 0.200. The minimum atomic E-state index is -0.492. The molecule has 2 fully saturated rings. The van der Waals surface area contributed by atoms with Crippen molar-refractivity contribution in [2.24, 2.45) is 5.92 Å². The number of pyridine rings is 2. The number of amides is 2. The van der Waals surface area contributed by atoms with E-state index in [2.05, 4.69) is 25.9 Å². The summed E-state index contributed by atoms with van der Waals surface area (Å²) in [4.78, 5) is 44.5. The molecule has 0 bridgehead atoms. The molecule has 2 amide bonds. The van der Waals surface area contributed by atoms with Crippen LogP contribution in [-0.2, 0) is 4.79 Å². The molecule has 1 saturated carbocycles. The fourth-order valence-electron chi connectivity index (χ4n) is 6.99. The van der Waals surface area contributed by atoms with Crippen molar-refractivity contribution in [3.05, 3.63) is 84.1 Å². The molecule has 15 heteroatoms. The molecule has 8 rings (SSSR count). The molecule has 0 radical (unpaired) electrons. The number of halogens is 2. The van der Waals surface area contributed by atoms with E-state index >= 15 is 4.39 Å². The Morgan fingerprint density at radius 3 is 2.58 bits per heavy atom. The van der Waals surface area contributed by atoms with Crippen LogP contribution in [-0.4, -0.2) is 101 Å². The van der Waals surface area contributed by atoms with E-state index in [0.29, 0.717) is 104 Å². The van der Waals surface area contributed by atoms with Gasteiger partial charge in [0.2, 0.25) is 11.8 Å². The van der Waals surface area contributed by atoms with Crippen LogP contribution in [0.5, 0.6) is 11.6 Å². The first kappa shape index (κ1) is 34.4. The molecule has 4 aliphatic rings. The molecular weight excluding hydrogens is 684 g/mol. The summed E-state index contributed by atoms with van der Waals surface area (Å²) in [5.74, 6) is 0.678. The molecule has 1 aliphatic carbocycles. The summed E-state index contributed by atoms with van der Waals surface area (Å²) in [6, 6.07) is 8.51. The Kier molecular flexibility index (Phi) is 9.56. The van der Waals surface area contributed by atoms with Gasteiger partial charge in [0, 0.05) is 101 Å². The first-order chi connectivity index (χ1) is 25.8. The Morgan fingerprint density at radius 2 is 1.85 bits per heavy atom. The van der Waals surface area contributed by atoms with Crippen LogP contribution in [0.1, 0.15) is 43.2 Å². The molecule has 3 aliphatic heterocycles. The smallest absolute Gasteiger partial charge is 0.270 e. The Hall–Kier alpha value is -5.70. The topological polar surface area (TPSA) is 131 Å². The van der Waals surface area contributed by atoms with Crippen molar-refractivity contribution in [1.29, 1.82) is 0 Å². The number of anilines is 1. The number of carbonyl (C=O) groups is 2. The second kappa shape index (κ2) is 14.7. The highest BCUT2D eigenvalue weighted by Gasteiger charge is 2.29. The molecule has 278 valence electrons. The van der Waals surface area contributed by atoms with Crippen LogP contribution in [0.2, 0.25) is 0 Å². The minimum absolute atomic E-state index is 0. The van der Waals surface area contributed by atoms with E-state index in [1.54, 1.807) is 39.3 Å². The largest absolute Gasteiger partial charge is 0.493 e. The highest BCUT2D eigenvalue weighted by molar-refractivity contribution is 6.04. The second-order valence-electron chi connectivity index (χ2n) is 13.7. The third-order valence-electron chi connectivity index (χ3n) is 10.1. The first-order valence-corrected chi connectivity index (χ1v) is 17.9. The highest BCUT2D eigenvalue weighted by atomic mass is 19.1. The summed E-state index contributed by atoms with van der Waals surface area (Å²) in [6.07, 6.45) is 11.6. The van der Waals surface area contributed by atoms with E-state index in [1.165, 1.54) is 26.0 Å². The van der Waals surface area contributed by atoms with Gasteiger partial charge in [-0.1, -0.05) is 6.08 Å². The van der Waals surface area contributed by atoms with Crippen LogP contribution >= 0.6 is 0 Å². The molecule has 6 heterocycles. The van der Waals surface area contributed by atoms with Crippen LogP contribution in [0, 0.1) is 17.6 Å². The number of nitrogens with one attached hydrogen (secondary N) is 3. The molecule has 3 N–H and O–H groups in total. The molecule has 13 nitrogen and oxygen atoms in total. The first-order valence-electron chi connectivity index (χ1n) is 17.9. The van der Waals surface area contributed by atoms with Crippen molar-refractivity contribution in [2.45, 2.75) is 25.7 Å². The average Bonchev–Trinajstić information content (AvgIpc) is 3.66. The Labute approximate surface area is 306 Å². The predicted octanol–water partition coefficient (Wildman–Crippen LogP) is 4.71. The molecule has 0 unspecified atom stereocenters. The van der Waals surface area contributed by atoms with Crippen molar-refractivity contribution in [2.75, 3.05) is 64.4 Å². The number of aromatic nitrogens is 3.